The van der Waals surface area contributed by atoms with Gasteiger partial charge in [-0.25, -0.2) is 4.98 Å². The maximum Gasteiger partial charge on any atom is 0.116 e. The summed E-state index contributed by atoms with van der Waals surface area (Å²) in [6.45, 7) is 0. The average molecular weight is 259 g/mol. The van der Waals surface area contributed by atoms with Crippen molar-refractivity contribution in [2.24, 2.45) is 0 Å². The van der Waals surface area contributed by atoms with Crippen LogP contribution >= 0.6 is 0 Å². The molecule has 0 N–H and O–H groups in total. The second-order valence-corrected chi connectivity index (χ2v) is 4.94. The van der Waals surface area contributed by atoms with Crippen molar-refractivity contribution in [2.75, 3.05) is 0 Å². The Bertz CT molecular complexity index is 832. The summed E-state index contributed by atoms with van der Waals surface area (Å²) in [6.07, 6.45) is 4.34. The first-order valence-electron chi connectivity index (χ1n) is 6.69. The molecule has 0 atom stereocenters. The van der Waals surface area contributed by atoms with Crippen LogP contribution in [0, 0.1) is 0 Å². The second-order valence-electron chi connectivity index (χ2n) is 4.94. The smallest absolute Gasteiger partial charge is 0.116 e. The minimum atomic E-state index is 0.919. The van der Waals surface area contributed by atoms with Gasteiger partial charge in [-0.1, -0.05) is 42.5 Å². The van der Waals surface area contributed by atoms with Gasteiger partial charge in [0.15, 0.2) is 0 Å². The Morgan fingerprint density at radius 2 is 1.80 bits per heavy atom. The summed E-state index contributed by atoms with van der Waals surface area (Å²) in [7, 11) is 0. The number of hydrogen-bond donors (Lipinski definition) is 0. The van der Waals surface area contributed by atoms with E-state index in [1.807, 2.05) is 12.1 Å². The van der Waals surface area contributed by atoms with Crippen molar-refractivity contribution in [2.45, 2.75) is 6.42 Å². The van der Waals surface area contributed by atoms with Crippen LogP contribution in [-0.4, -0.2) is 4.98 Å². The average Bonchev–Trinajstić information content (AvgIpc) is 2.88. The number of fused-ring (bicyclic) bond motifs is 3. The molecule has 0 fully saturated rings. The molecule has 0 bridgehead atoms. The van der Waals surface area contributed by atoms with Gasteiger partial charge < -0.3 is 4.42 Å². The maximum absolute atomic E-state index is 5.22. The highest BCUT2D eigenvalue weighted by Crippen LogP contribution is 2.33. The highest BCUT2D eigenvalue weighted by atomic mass is 16.3. The van der Waals surface area contributed by atoms with Gasteiger partial charge in [-0.3, -0.25) is 0 Å². The summed E-state index contributed by atoms with van der Waals surface area (Å²) in [5, 5.41) is 1.24. The van der Waals surface area contributed by atoms with Crippen LogP contribution in [0.15, 0.2) is 71.5 Å². The first-order valence-corrected chi connectivity index (χ1v) is 6.69. The van der Waals surface area contributed by atoms with Crippen molar-refractivity contribution >= 4 is 10.9 Å². The summed E-state index contributed by atoms with van der Waals surface area (Å²) in [4.78, 5) is 4.62. The number of benzene rings is 2. The van der Waals surface area contributed by atoms with Gasteiger partial charge in [0.25, 0.3) is 0 Å². The molecule has 2 nitrogen and oxygen atoms in total. The second kappa shape index (κ2) is 4.49. The van der Waals surface area contributed by atoms with Crippen molar-refractivity contribution in [3.05, 3.63) is 78.3 Å². The highest BCUT2D eigenvalue weighted by Gasteiger charge is 2.14. The molecular formula is C18H13NO. The molecule has 20 heavy (non-hydrogen) atoms. The summed E-state index contributed by atoms with van der Waals surface area (Å²) in [5.41, 5.74) is 5.74. The fraction of sp³-hybridized carbons (Fsp3) is 0.0556. The third kappa shape index (κ3) is 1.77. The zero-order valence-electron chi connectivity index (χ0n) is 10.9. The minimum Gasteiger partial charge on any atom is -0.470 e. The zero-order valence-corrected chi connectivity index (χ0v) is 10.9. The van der Waals surface area contributed by atoms with Gasteiger partial charge in [-0.2, -0.15) is 0 Å². The molecule has 2 heteroatoms. The Hall–Kier alpha value is -2.61. The standard InChI is InChI=1S/C18H13NO/c1-2-5-13(6-3-1)11-14-7-4-8-16-18(14)15-9-10-20-12-17(15)19-16/h1-10,12H,11H2. The Morgan fingerprint density at radius 3 is 2.70 bits per heavy atom. The van der Waals surface area contributed by atoms with E-state index < -0.39 is 0 Å². The normalized spacial score (nSPS) is 11.2. The van der Waals surface area contributed by atoms with Gasteiger partial charge in [-0.15, -0.1) is 0 Å². The molecular weight excluding hydrogens is 246 g/mol. The van der Waals surface area contributed by atoms with Gasteiger partial charge in [0, 0.05) is 10.9 Å². The molecule has 96 valence electrons. The van der Waals surface area contributed by atoms with Crippen LogP contribution in [0.5, 0.6) is 0 Å². The minimum absolute atomic E-state index is 0.919. The summed E-state index contributed by atoms with van der Waals surface area (Å²) < 4.78 is 5.22. The first kappa shape index (κ1) is 11.2. The molecule has 2 heterocycles. The third-order valence-electron chi connectivity index (χ3n) is 3.65. The SMILES string of the molecule is c1ccc(Cc2cccc3nc4coccc-4c23)cc1. The fourth-order valence-corrected chi connectivity index (χ4v) is 2.74. The largest absolute Gasteiger partial charge is 0.470 e. The van der Waals surface area contributed by atoms with E-state index in [4.69, 9.17) is 4.42 Å². The molecule has 0 saturated carbocycles. The Balaban J connectivity index is 1.92. The predicted molar refractivity (Wildman–Crippen MR) is 79.9 cm³/mol. The van der Waals surface area contributed by atoms with Crippen LogP contribution in [0.3, 0.4) is 0 Å². The van der Waals surface area contributed by atoms with Crippen molar-refractivity contribution in [1.82, 2.24) is 4.98 Å². The summed E-state index contributed by atoms with van der Waals surface area (Å²) in [6, 6.07) is 18.8. The molecule has 0 aromatic heterocycles. The maximum atomic E-state index is 5.22. The van der Waals surface area contributed by atoms with Crippen LogP contribution in [0.25, 0.3) is 22.2 Å². The Morgan fingerprint density at radius 1 is 0.900 bits per heavy atom. The molecule has 0 spiro atoms. The number of hydrogen-bond acceptors (Lipinski definition) is 2. The zero-order chi connectivity index (χ0) is 13.4. The van der Waals surface area contributed by atoms with Crippen molar-refractivity contribution in [3.63, 3.8) is 0 Å². The van der Waals surface area contributed by atoms with E-state index in [1.165, 1.54) is 16.5 Å². The lowest BCUT2D eigenvalue weighted by atomic mass is 9.98. The number of rotatable bonds is 2. The van der Waals surface area contributed by atoms with Crippen LogP contribution in [0.1, 0.15) is 11.1 Å². The number of aromatic nitrogens is 1. The van der Waals surface area contributed by atoms with Gasteiger partial charge in [0.1, 0.15) is 12.0 Å². The number of nitrogens with zero attached hydrogens (tertiary/aromatic N) is 1. The quantitative estimate of drug-likeness (QED) is 0.529. The fourth-order valence-electron chi connectivity index (χ4n) is 2.74. The van der Waals surface area contributed by atoms with Gasteiger partial charge in [-0.05, 0) is 29.7 Å². The van der Waals surface area contributed by atoms with E-state index in [-0.39, 0.29) is 0 Å². The van der Waals surface area contributed by atoms with E-state index in [0.717, 1.165) is 23.2 Å². The van der Waals surface area contributed by atoms with Gasteiger partial charge >= 0.3 is 0 Å². The predicted octanol–water partition coefficient (Wildman–Crippen LogP) is 4.52. The van der Waals surface area contributed by atoms with E-state index in [9.17, 15) is 0 Å². The van der Waals surface area contributed by atoms with Crippen molar-refractivity contribution in [1.29, 1.82) is 0 Å². The van der Waals surface area contributed by atoms with E-state index in [2.05, 4.69) is 47.4 Å². The van der Waals surface area contributed by atoms with Crippen molar-refractivity contribution in [3.8, 4) is 11.3 Å². The lowest BCUT2D eigenvalue weighted by Crippen LogP contribution is -1.89. The lowest BCUT2D eigenvalue weighted by molar-refractivity contribution is 0.550. The van der Waals surface area contributed by atoms with E-state index in [0.29, 0.717) is 0 Å². The van der Waals surface area contributed by atoms with Gasteiger partial charge in [0.05, 0.1) is 11.8 Å². The van der Waals surface area contributed by atoms with E-state index in [1.54, 1.807) is 12.5 Å². The Kier molecular flexibility index (Phi) is 2.52. The van der Waals surface area contributed by atoms with E-state index >= 15 is 0 Å². The van der Waals surface area contributed by atoms with Crippen LogP contribution in [-0.2, 0) is 6.42 Å². The first-order chi connectivity index (χ1) is 9.92. The lowest BCUT2D eigenvalue weighted by Gasteiger charge is -2.05. The molecule has 0 radical (unpaired) electrons. The molecule has 0 aliphatic carbocycles. The van der Waals surface area contributed by atoms with Crippen molar-refractivity contribution < 1.29 is 4.42 Å². The molecule has 2 aromatic carbocycles. The third-order valence-corrected chi connectivity index (χ3v) is 3.65. The molecule has 2 aromatic rings. The molecule has 0 unspecified atom stereocenters. The van der Waals surface area contributed by atoms with Crippen LogP contribution in [0.2, 0.25) is 0 Å². The van der Waals surface area contributed by atoms with Gasteiger partial charge in [0.2, 0.25) is 0 Å². The summed E-state index contributed by atoms with van der Waals surface area (Å²) >= 11 is 0. The van der Waals surface area contributed by atoms with Crippen LogP contribution < -0.4 is 0 Å². The topological polar surface area (TPSA) is 26.0 Å². The molecule has 4 rings (SSSR count). The Labute approximate surface area is 117 Å². The molecule has 0 amide bonds. The molecule has 2 aliphatic rings. The van der Waals surface area contributed by atoms with Crippen LogP contribution in [0.4, 0.5) is 0 Å². The monoisotopic (exact) mass is 259 g/mol. The molecule has 0 saturated heterocycles. The summed E-state index contributed by atoms with van der Waals surface area (Å²) in [5.74, 6) is 0. The highest BCUT2D eigenvalue weighted by molar-refractivity contribution is 5.99. The molecule has 2 aliphatic heterocycles.